The molecular formula is C20H35N5O4. The summed E-state index contributed by atoms with van der Waals surface area (Å²) in [5.41, 5.74) is -0.220. The molecule has 1 amide bonds. The number of carbonyl (C=O) groups excluding carboxylic acids is 2. The van der Waals surface area contributed by atoms with Crippen LogP contribution in [0.3, 0.4) is 0 Å². The van der Waals surface area contributed by atoms with E-state index in [9.17, 15) is 19.5 Å². The van der Waals surface area contributed by atoms with Crippen LogP contribution in [-0.4, -0.2) is 55.9 Å². The van der Waals surface area contributed by atoms with Crippen molar-refractivity contribution in [3.8, 4) is 0 Å². The van der Waals surface area contributed by atoms with Gasteiger partial charge < -0.3 is 10.4 Å². The van der Waals surface area contributed by atoms with E-state index in [1.165, 1.54) is 4.68 Å². The van der Waals surface area contributed by atoms with E-state index in [-0.39, 0.29) is 30.2 Å². The molecule has 1 atom stereocenters. The number of carbonyl (C=O) groups is 3. The average molecular weight is 410 g/mol. The minimum Gasteiger partial charge on any atom is -0.480 e. The lowest BCUT2D eigenvalue weighted by Gasteiger charge is -2.26. The number of amides is 1. The van der Waals surface area contributed by atoms with E-state index < -0.39 is 17.4 Å². The van der Waals surface area contributed by atoms with Gasteiger partial charge in [0.1, 0.15) is 12.6 Å². The van der Waals surface area contributed by atoms with Crippen molar-refractivity contribution >= 4 is 17.7 Å². The second kappa shape index (κ2) is 10.5. The molecule has 3 N–H and O–H groups in total. The monoisotopic (exact) mass is 409 g/mol. The first-order valence-corrected chi connectivity index (χ1v) is 9.97. The molecule has 9 heteroatoms. The van der Waals surface area contributed by atoms with Crippen LogP contribution in [0.5, 0.6) is 0 Å². The molecule has 0 unspecified atom stereocenters. The van der Waals surface area contributed by atoms with Gasteiger partial charge in [0.15, 0.2) is 5.78 Å². The molecule has 29 heavy (non-hydrogen) atoms. The Hall–Kier alpha value is -2.29. The first-order valence-electron chi connectivity index (χ1n) is 9.97. The third kappa shape index (κ3) is 10.2. The lowest BCUT2D eigenvalue weighted by molar-refractivity contribution is -0.140. The van der Waals surface area contributed by atoms with Crippen molar-refractivity contribution in [3.05, 3.63) is 11.9 Å². The second-order valence-electron chi connectivity index (χ2n) is 9.39. The molecule has 0 aliphatic rings. The minimum absolute atomic E-state index is 0.0408. The number of carboxylic acid groups (broad SMARTS) is 1. The highest BCUT2D eigenvalue weighted by Crippen LogP contribution is 2.15. The molecule has 0 spiro atoms. The molecule has 1 heterocycles. The van der Waals surface area contributed by atoms with Gasteiger partial charge in [-0.2, -0.15) is 0 Å². The number of ketones is 1. The van der Waals surface area contributed by atoms with Gasteiger partial charge in [-0.15, -0.1) is 5.10 Å². The smallest absolute Gasteiger partial charge is 0.320 e. The van der Waals surface area contributed by atoms with Gasteiger partial charge >= 0.3 is 5.97 Å². The number of carboxylic acids is 1. The largest absolute Gasteiger partial charge is 0.480 e. The molecule has 0 aliphatic carbocycles. The lowest BCUT2D eigenvalue weighted by Crippen LogP contribution is -2.47. The topological polar surface area (TPSA) is 126 Å². The van der Waals surface area contributed by atoms with Crippen LogP contribution < -0.4 is 10.6 Å². The van der Waals surface area contributed by atoms with E-state index in [4.69, 9.17) is 0 Å². The van der Waals surface area contributed by atoms with Crippen molar-refractivity contribution < 1.29 is 19.5 Å². The fourth-order valence-corrected chi connectivity index (χ4v) is 2.59. The summed E-state index contributed by atoms with van der Waals surface area (Å²) in [5, 5.41) is 23.0. The zero-order valence-corrected chi connectivity index (χ0v) is 18.4. The van der Waals surface area contributed by atoms with Crippen LogP contribution in [-0.2, 0) is 27.3 Å². The number of unbranched alkanes of at least 4 members (excludes halogenated alkanes) is 1. The van der Waals surface area contributed by atoms with Gasteiger partial charge in [-0.3, -0.25) is 19.7 Å². The zero-order chi connectivity index (χ0) is 22.2. The Kier molecular flexibility index (Phi) is 8.94. The Bertz CT molecular complexity index is 700. The summed E-state index contributed by atoms with van der Waals surface area (Å²) in [6.45, 7) is 11.9. The molecule has 9 nitrogen and oxygen atoms in total. The van der Waals surface area contributed by atoms with E-state index in [0.29, 0.717) is 31.5 Å². The number of aromatic nitrogens is 3. The highest BCUT2D eigenvalue weighted by atomic mass is 16.4. The van der Waals surface area contributed by atoms with E-state index in [1.54, 1.807) is 6.20 Å². The SMILES string of the molecule is CC(C)(C)N[C@H](CCCCNC(=O)Cc1cn(CC(=O)C(C)(C)C)nn1)C(=O)O. The van der Waals surface area contributed by atoms with E-state index >= 15 is 0 Å². The fraction of sp³-hybridized carbons (Fsp3) is 0.750. The Morgan fingerprint density at radius 1 is 1.14 bits per heavy atom. The average Bonchev–Trinajstić information content (AvgIpc) is 2.98. The van der Waals surface area contributed by atoms with Crippen molar-refractivity contribution in [1.29, 1.82) is 0 Å². The maximum Gasteiger partial charge on any atom is 0.320 e. The zero-order valence-electron chi connectivity index (χ0n) is 18.4. The number of nitrogens with zero attached hydrogens (tertiary/aromatic N) is 3. The summed E-state index contributed by atoms with van der Waals surface area (Å²) in [4.78, 5) is 35.4. The second-order valence-corrected chi connectivity index (χ2v) is 9.39. The van der Waals surface area contributed by atoms with E-state index in [2.05, 4.69) is 20.9 Å². The van der Waals surface area contributed by atoms with Gasteiger partial charge in [0.05, 0.1) is 12.1 Å². The summed E-state index contributed by atoms with van der Waals surface area (Å²) < 4.78 is 1.45. The predicted octanol–water partition coefficient (Wildman–Crippen LogP) is 1.56. The molecule has 0 saturated carbocycles. The number of hydrogen-bond donors (Lipinski definition) is 3. The summed E-state index contributed by atoms with van der Waals surface area (Å²) in [6, 6.07) is -0.600. The summed E-state index contributed by atoms with van der Waals surface area (Å²) in [5.74, 6) is -1.00. The third-order valence-corrected chi connectivity index (χ3v) is 4.22. The van der Waals surface area contributed by atoms with E-state index in [0.717, 1.165) is 0 Å². The Morgan fingerprint density at radius 3 is 2.34 bits per heavy atom. The van der Waals surface area contributed by atoms with Gasteiger partial charge in [-0.05, 0) is 40.0 Å². The molecule has 1 aromatic rings. The molecule has 0 aromatic carbocycles. The van der Waals surface area contributed by atoms with Crippen LogP contribution in [0.1, 0.15) is 66.5 Å². The minimum atomic E-state index is -0.864. The van der Waals surface area contributed by atoms with Crippen LogP contribution in [0.15, 0.2) is 6.20 Å². The first-order chi connectivity index (χ1) is 13.3. The van der Waals surface area contributed by atoms with Gasteiger partial charge in [-0.1, -0.05) is 26.0 Å². The number of rotatable bonds is 11. The molecule has 164 valence electrons. The van der Waals surface area contributed by atoms with Crippen LogP contribution in [0.2, 0.25) is 0 Å². The third-order valence-electron chi connectivity index (χ3n) is 4.22. The van der Waals surface area contributed by atoms with E-state index in [1.807, 2.05) is 41.5 Å². The highest BCUT2D eigenvalue weighted by molar-refractivity contribution is 5.83. The van der Waals surface area contributed by atoms with Crippen molar-refractivity contribution in [2.75, 3.05) is 6.54 Å². The van der Waals surface area contributed by atoms with Crippen LogP contribution >= 0.6 is 0 Å². The molecule has 0 radical (unpaired) electrons. The maximum atomic E-state index is 12.0. The van der Waals surface area contributed by atoms with Crippen LogP contribution in [0.4, 0.5) is 0 Å². The standard InChI is InChI=1S/C20H35N5O4/c1-19(2,3)16(26)13-25-12-14(23-24-25)11-17(27)21-10-8-7-9-15(18(28)29)22-20(4,5)6/h12,15,22H,7-11,13H2,1-6H3,(H,21,27)(H,28,29)/t15-/m1/s1. The van der Waals surface area contributed by atoms with Crippen LogP contribution in [0.25, 0.3) is 0 Å². The Balaban J connectivity index is 2.32. The van der Waals surface area contributed by atoms with Gasteiger partial charge in [0, 0.05) is 23.7 Å². The molecule has 1 aromatic heterocycles. The van der Waals surface area contributed by atoms with Gasteiger partial charge in [0.25, 0.3) is 0 Å². The predicted molar refractivity (Wildman–Crippen MR) is 109 cm³/mol. The molecule has 0 saturated heterocycles. The number of hydrogen-bond acceptors (Lipinski definition) is 6. The van der Waals surface area contributed by atoms with Crippen molar-refractivity contribution in [3.63, 3.8) is 0 Å². The van der Waals surface area contributed by atoms with Gasteiger partial charge in [0.2, 0.25) is 5.91 Å². The molecule has 1 rings (SSSR count). The first kappa shape index (κ1) is 24.7. The fourth-order valence-electron chi connectivity index (χ4n) is 2.59. The Labute approximate surface area is 172 Å². The number of nitrogens with one attached hydrogen (secondary N) is 2. The quantitative estimate of drug-likeness (QED) is 0.473. The Morgan fingerprint density at radius 2 is 1.79 bits per heavy atom. The molecule has 0 aliphatic heterocycles. The maximum absolute atomic E-state index is 12.0. The van der Waals surface area contributed by atoms with Crippen molar-refractivity contribution in [1.82, 2.24) is 25.6 Å². The normalized spacial score (nSPS) is 13.2. The summed E-state index contributed by atoms with van der Waals surface area (Å²) in [7, 11) is 0. The number of aliphatic carboxylic acids is 1. The molecule has 0 bridgehead atoms. The lowest BCUT2D eigenvalue weighted by atomic mass is 9.91. The van der Waals surface area contributed by atoms with Gasteiger partial charge in [-0.25, -0.2) is 4.68 Å². The summed E-state index contributed by atoms with van der Waals surface area (Å²) >= 11 is 0. The summed E-state index contributed by atoms with van der Waals surface area (Å²) in [6.07, 6.45) is 3.57. The van der Waals surface area contributed by atoms with Crippen LogP contribution in [0, 0.1) is 5.41 Å². The number of Topliss-reactive ketones (excluding diaryl/α,β-unsaturated/α-hetero) is 1. The van der Waals surface area contributed by atoms with Crippen molar-refractivity contribution in [2.24, 2.45) is 5.41 Å². The molecule has 0 fully saturated rings. The highest BCUT2D eigenvalue weighted by Gasteiger charge is 2.23. The molecular weight excluding hydrogens is 374 g/mol. The van der Waals surface area contributed by atoms with Crippen molar-refractivity contribution in [2.45, 2.75) is 85.4 Å².